The monoisotopic (exact) mass is 545 g/mol. The zero-order valence-electron chi connectivity index (χ0n) is 21.3. The number of piperidine rings is 1. The molecule has 0 amide bonds. The third-order valence-corrected chi connectivity index (χ3v) is 7.33. The number of rotatable bonds is 9. The number of aromatic nitrogens is 3. The van der Waals surface area contributed by atoms with E-state index in [1.807, 2.05) is 12.1 Å². The SMILES string of the molecule is O=[N+]([O-])c1cn2c(n1)OC(COc1ccc(N3CCC(CCCc4ccc(C(F)(F)F)cc4)CC3)nc1)CC2. The molecule has 0 spiro atoms. The molecule has 0 saturated carbocycles. The Hall–Kier alpha value is -3.83. The molecule has 2 aliphatic heterocycles. The van der Waals surface area contributed by atoms with Crippen molar-refractivity contribution in [1.82, 2.24) is 14.5 Å². The van der Waals surface area contributed by atoms with Crippen LogP contribution in [-0.2, 0) is 19.1 Å². The molecule has 0 bridgehead atoms. The summed E-state index contributed by atoms with van der Waals surface area (Å²) in [4.78, 5) is 21.1. The maximum absolute atomic E-state index is 12.7. The van der Waals surface area contributed by atoms with Crippen molar-refractivity contribution in [2.75, 3.05) is 24.6 Å². The first-order valence-corrected chi connectivity index (χ1v) is 13.1. The van der Waals surface area contributed by atoms with Gasteiger partial charge in [-0.15, -0.1) is 0 Å². The van der Waals surface area contributed by atoms with E-state index in [9.17, 15) is 23.3 Å². The number of imidazole rings is 1. The number of nitrogens with zero attached hydrogens (tertiary/aromatic N) is 5. The molecule has 0 aliphatic carbocycles. The first-order valence-electron chi connectivity index (χ1n) is 13.1. The first-order chi connectivity index (χ1) is 18.7. The number of anilines is 1. The molecule has 2 aromatic heterocycles. The van der Waals surface area contributed by atoms with Gasteiger partial charge in [-0.3, -0.25) is 4.57 Å². The molecule has 208 valence electrons. The van der Waals surface area contributed by atoms with Gasteiger partial charge in [0.2, 0.25) is 0 Å². The van der Waals surface area contributed by atoms with Crippen molar-refractivity contribution in [2.24, 2.45) is 5.92 Å². The third kappa shape index (κ3) is 6.79. The van der Waals surface area contributed by atoms with E-state index in [1.54, 1.807) is 22.9 Å². The summed E-state index contributed by atoms with van der Waals surface area (Å²) in [5.74, 6) is 1.90. The molecule has 1 saturated heterocycles. The maximum atomic E-state index is 12.7. The Morgan fingerprint density at radius 1 is 1.08 bits per heavy atom. The summed E-state index contributed by atoms with van der Waals surface area (Å²) >= 11 is 0. The third-order valence-electron chi connectivity index (χ3n) is 7.33. The van der Waals surface area contributed by atoms with Crippen LogP contribution in [0, 0.1) is 16.0 Å². The minimum Gasteiger partial charge on any atom is -0.488 e. The Bertz CT molecular complexity index is 1260. The van der Waals surface area contributed by atoms with Crippen molar-refractivity contribution < 1.29 is 27.6 Å². The number of nitro groups is 1. The highest BCUT2D eigenvalue weighted by molar-refractivity contribution is 5.41. The van der Waals surface area contributed by atoms with Gasteiger partial charge in [0.05, 0.1) is 11.8 Å². The molecule has 4 heterocycles. The second-order valence-corrected chi connectivity index (χ2v) is 10.0. The topological polar surface area (TPSA) is 95.5 Å². The lowest BCUT2D eigenvalue weighted by molar-refractivity contribution is -0.389. The van der Waals surface area contributed by atoms with E-state index in [1.165, 1.54) is 6.20 Å². The summed E-state index contributed by atoms with van der Waals surface area (Å²) in [7, 11) is 0. The molecule has 9 nitrogen and oxygen atoms in total. The number of aryl methyl sites for hydroxylation is 2. The fourth-order valence-corrected chi connectivity index (χ4v) is 5.08. The van der Waals surface area contributed by atoms with Gasteiger partial charge in [0.15, 0.2) is 0 Å². The minimum atomic E-state index is -4.29. The van der Waals surface area contributed by atoms with E-state index in [0.29, 0.717) is 31.2 Å². The predicted octanol–water partition coefficient (Wildman–Crippen LogP) is 5.67. The molecule has 1 fully saturated rings. The van der Waals surface area contributed by atoms with Crippen molar-refractivity contribution in [3.05, 3.63) is 70.0 Å². The molecule has 1 aromatic carbocycles. The lowest BCUT2D eigenvalue weighted by Crippen LogP contribution is -2.34. The van der Waals surface area contributed by atoms with Gasteiger partial charge >= 0.3 is 18.0 Å². The molecule has 1 unspecified atom stereocenters. The highest BCUT2D eigenvalue weighted by Crippen LogP contribution is 2.30. The average molecular weight is 546 g/mol. The molecular formula is C27H30F3N5O4. The van der Waals surface area contributed by atoms with Gasteiger partial charge in [0.25, 0.3) is 0 Å². The molecule has 0 radical (unpaired) electrons. The number of fused-ring (bicyclic) bond motifs is 1. The van der Waals surface area contributed by atoms with Crippen LogP contribution in [0.1, 0.15) is 43.2 Å². The average Bonchev–Trinajstić information content (AvgIpc) is 3.37. The number of halogens is 3. The van der Waals surface area contributed by atoms with Crippen LogP contribution in [-0.4, -0.2) is 45.3 Å². The quantitative estimate of drug-likeness (QED) is 0.252. The second-order valence-electron chi connectivity index (χ2n) is 10.0. The van der Waals surface area contributed by atoms with Crippen molar-refractivity contribution in [2.45, 2.75) is 57.3 Å². The number of benzene rings is 1. The van der Waals surface area contributed by atoms with Crippen molar-refractivity contribution >= 4 is 11.6 Å². The van der Waals surface area contributed by atoms with E-state index in [-0.39, 0.29) is 17.9 Å². The first kappa shape index (κ1) is 26.8. The summed E-state index contributed by atoms with van der Waals surface area (Å²) < 4.78 is 51.4. The number of hydrogen-bond acceptors (Lipinski definition) is 7. The molecule has 39 heavy (non-hydrogen) atoms. The summed E-state index contributed by atoms with van der Waals surface area (Å²) in [5.41, 5.74) is 0.339. The van der Waals surface area contributed by atoms with Crippen LogP contribution in [0.25, 0.3) is 0 Å². The summed E-state index contributed by atoms with van der Waals surface area (Å²) in [5, 5.41) is 10.9. The Balaban J connectivity index is 1.02. The van der Waals surface area contributed by atoms with Crippen LogP contribution in [0.15, 0.2) is 48.8 Å². The smallest absolute Gasteiger partial charge is 0.416 e. The van der Waals surface area contributed by atoms with Crippen molar-refractivity contribution in [1.29, 1.82) is 0 Å². The van der Waals surface area contributed by atoms with Gasteiger partial charge in [-0.05, 0) is 72.8 Å². The number of alkyl halides is 3. The Labute approximate surface area is 223 Å². The Morgan fingerprint density at radius 2 is 1.85 bits per heavy atom. The molecular weight excluding hydrogens is 515 g/mol. The largest absolute Gasteiger partial charge is 0.488 e. The lowest BCUT2D eigenvalue weighted by Gasteiger charge is -2.33. The molecule has 12 heteroatoms. The number of hydrogen-bond donors (Lipinski definition) is 0. The Kier molecular flexibility index (Phi) is 7.89. The zero-order chi connectivity index (χ0) is 27.4. The van der Waals surface area contributed by atoms with Crippen LogP contribution in [0.4, 0.5) is 24.8 Å². The van der Waals surface area contributed by atoms with Gasteiger partial charge in [-0.2, -0.15) is 13.2 Å². The van der Waals surface area contributed by atoms with Crippen LogP contribution in [0.2, 0.25) is 0 Å². The molecule has 0 N–H and O–H groups in total. The molecule has 1 atom stereocenters. The van der Waals surface area contributed by atoms with Gasteiger partial charge in [-0.1, -0.05) is 12.1 Å². The highest BCUT2D eigenvalue weighted by Gasteiger charge is 2.30. The fraction of sp³-hybridized carbons (Fsp3) is 0.481. The van der Waals surface area contributed by atoms with Crippen LogP contribution in [0.3, 0.4) is 0 Å². The standard InChI is InChI=1S/C27H30F3N5O4/c28-27(29,30)21-6-4-19(5-7-21)2-1-3-20-10-13-33(14-11-20)24-9-8-22(16-31-24)38-18-23-12-15-34-17-25(35(36)37)32-26(34)39-23/h4-9,16-17,20,23H,1-3,10-15,18H2. The fourth-order valence-electron chi connectivity index (χ4n) is 5.08. The van der Waals surface area contributed by atoms with E-state index < -0.39 is 16.7 Å². The molecule has 5 rings (SSSR count). The van der Waals surface area contributed by atoms with Gasteiger partial charge < -0.3 is 24.5 Å². The van der Waals surface area contributed by atoms with Gasteiger partial charge in [-0.25, -0.2) is 4.98 Å². The highest BCUT2D eigenvalue weighted by atomic mass is 19.4. The Morgan fingerprint density at radius 3 is 2.51 bits per heavy atom. The van der Waals surface area contributed by atoms with Gasteiger partial charge in [0, 0.05) is 31.0 Å². The summed E-state index contributed by atoms with van der Waals surface area (Å²) in [6.45, 7) is 2.69. The predicted molar refractivity (Wildman–Crippen MR) is 137 cm³/mol. The normalized spacial score (nSPS) is 17.9. The van der Waals surface area contributed by atoms with Gasteiger partial charge in [0.1, 0.15) is 30.5 Å². The maximum Gasteiger partial charge on any atom is 0.416 e. The second kappa shape index (κ2) is 11.5. The number of pyridine rings is 1. The van der Waals surface area contributed by atoms with Crippen LogP contribution in [0.5, 0.6) is 11.8 Å². The summed E-state index contributed by atoms with van der Waals surface area (Å²) in [6.07, 6.45) is 4.11. The zero-order valence-corrected chi connectivity index (χ0v) is 21.3. The number of ether oxygens (including phenoxy) is 2. The van der Waals surface area contributed by atoms with Crippen molar-refractivity contribution in [3.8, 4) is 11.8 Å². The molecule has 2 aliphatic rings. The van der Waals surface area contributed by atoms with Crippen molar-refractivity contribution in [3.63, 3.8) is 0 Å². The lowest BCUT2D eigenvalue weighted by atomic mass is 9.90. The minimum absolute atomic E-state index is 0.228. The van der Waals surface area contributed by atoms with E-state index in [2.05, 4.69) is 14.9 Å². The van der Waals surface area contributed by atoms with E-state index >= 15 is 0 Å². The summed E-state index contributed by atoms with van der Waals surface area (Å²) in [6, 6.07) is 9.54. The van der Waals surface area contributed by atoms with E-state index in [4.69, 9.17) is 9.47 Å². The van der Waals surface area contributed by atoms with Crippen LogP contribution < -0.4 is 14.4 Å². The van der Waals surface area contributed by atoms with Crippen LogP contribution >= 0.6 is 0 Å². The van der Waals surface area contributed by atoms with E-state index in [0.717, 1.165) is 68.7 Å². The molecule has 3 aromatic rings.